The Bertz CT molecular complexity index is 712. The maximum absolute atomic E-state index is 14.8. The fourth-order valence-electron chi connectivity index (χ4n) is 4.74. The third kappa shape index (κ3) is 3.91. The van der Waals surface area contributed by atoms with Gasteiger partial charge in [-0.05, 0) is 81.8 Å². The van der Waals surface area contributed by atoms with E-state index in [1.54, 1.807) is 6.07 Å². The highest BCUT2D eigenvalue weighted by Gasteiger charge is 2.29. The first-order valence-corrected chi connectivity index (χ1v) is 10.6. The molecule has 1 aromatic rings. The fraction of sp³-hybridized carbons (Fsp3) is 0.565. The van der Waals surface area contributed by atoms with Gasteiger partial charge >= 0.3 is 0 Å². The normalized spacial score (nSPS) is 24.0. The molecule has 1 atom stereocenters. The van der Waals surface area contributed by atoms with Crippen molar-refractivity contribution >= 4 is 11.3 Å². The summed E-state index contributed by atoms with van der Waals surface area (Å²) in [5, 5.41) is 3.46. The van der Waals surface area contributed by atoms with Crippen molar-refractivity contribution < 1.29 is 4.39 Å². The Balaban J connectivity index is 1.56. The van der Waals surface area contributed by atoms with Crippen molar-refractivity contribution in [2.75, 3.05) is 31.1 Å². The van der Waals surface area contributed by atoms with Crippen LogP contribution in [-0.2, 0) is 0 Å². The highest BCUT2D eigenvalue weighted by molar-refractivity contribution is 5.76. The molecule has 0 spiro atoms. The van der Waals surface area contributed by atoms with Gasteiger partial charge in [0.1, 0.15) is 5.82 Å². The number of piperidine rings is 1. The number of hydrogen-bond acceptors (Lipinski definition) is 3. The molecule has 2 fully saturated rings. The molecular formula is C23H32FN3. The quantitative estimate of drug-likeness (QED) is 0.848. The molecule has 4 heteroatoms. The van der Waals surface area contributed by atoms with Crippen molar-refractivity contribution in [3.63, 3.8) is 0 Å². The molecular weight excluding hydrogens is 337 g/mol. The molecule has 0 radical (unpaired) electrons. The molecule has 2 saturated heterocycles. The summed E-state index contributed by atoms with van der Waals surface area (Å²) in [5.41, 5.74) is 2.84. The Kier molecular flexibility index (Phi) is 5.53. The van der Waals surface area contributed by atoms with Gasteiger partial charge in [-0.2, -0.15) is 0 Å². The number of nitrogens with zero attached hydrogens (tertiary/aromatic N) is 2. The maximum Gasteiger partial charge on any atom is 0.147 e. The lowest BCUT2D eigenvalue weighted by Crippen LogP contribution is -2.45. The average molecular weight is 370 g/mol. The average Bonchev–Trinajstić information content (AvgIpc) is 3.22. The fourth-order valence-corrected chi connectivity index (χ4v) is 4.74. The van der Waals surface area contributed by atoms with Gasteiger partial charge in [-0.25, -0.2) is 4.39 Å². The molecule has 3 nitrogen and oxygen atoms in total. The number of anilines is 1. The van der Waals surface area contributed by atoms with E-state index in [1.165, 1.54) is 12.8 Å². The van der Waals surface area contributed by atoms with E-state index in [0.717, 1.165) is 55.8 Å². The van der Waals surface area contributed by atoms with Crippen molar-refractivity contribution in [3.8, 4) is 0 Å². The summed E-state index contributed by atoms with van der Waals surface area (Å²) in [5.74, 6) is 0.595. The van der Waals surface area contributed by atoms with Gasteiger partial charge in [-0.1, -0.05) is 18.2 Å². The zero-order valence-electron chi connectivity index (χ0n) is 16.6. The number of hydrogen-bond donors (Lipinski definition) is 1. The standard InChI is InChI=1S/C23H32FN3/c1-17(2)27-16-20(6-7-22(27)18-9-11-25-12-10-18)19-5-8-23(21(24)15-19)26-13-3-4-14-26/h5-8,15-18,22,25H,3-4,9-14H2,1-2H3. The van der Waals surface area contributed by atoms with Crippen LogP contribution >= 0.6 is 0 Å². The Morgan fingerprint density at radius 2 is 1.85 bits per heavy atom. The molecule has 0 aromatic heterocycles. The predicted molar refractivity (Wildman–Crippen MR) is 111 cm³/mol. The molecule has 27 heavy (non-hydrogen) atoms. The molecule has 146 valence electrons. The van der Waals surface area contributed by atoms with E-state index in [2.05, 4.69) is 53.4 Å². The first-order valence-electron chi connectivity index (χ1n) is 10.6. The van der Waals surface area contributed by atoms with Crippen LogP contribution in [0.15, 0.2) is 36.6 Å². The van der Waals surface area contributed by atoms with Gasteiger partial charge in [-0.15, -0.1) is 0 Å². The summed E-state index contributed by atoms with van der Waals surface area (Å²) in [6, 6.07) is 6.63. The summed E-state index contributed by atoms with van der Waals surface area (Å²) in [6.07, 6.45) is 11.6. The summed E-state index contributed by atoms with van der Waals surface area (Å²) in [7, 11) is 0. The molecule has 1 unspecified atom stereocenters. The van der Waals surface area contributed by atoms with Gasteiger partial charge in [0.2, 0.25) is 0 Å². The van der Waals surface area contributed by atoms with Crippen molar-refractivity contribution in [2.45, 2.75) is 51.6 Å². The van der Waals surface area contributed by atoms with Crippen LogP contribution in [0.5, 0.6) is 0 Å². The van der Waals surface area contributed by atoms with Crippen LogP contribution in [0, 0.1) is 11.7 Å². The third-order valence-electron chi connectivity index (χ3n) is 6.30. The van der Waals surface area contributed by atoms with Gasteiger partial charge in [0.25, 0.3) is 0 Å². The van der Waals surface area contributed by atoms with E-state index in [9.17, 15) is 4.39 Å². The molecule has 0 amide bonds. The van der Waals surface area contributed by atoms with E-state index in [1.807, 2.05) is 6.07 Å². The van der Waals surface area contributed by atoms with E-state index in [0.29, 0.717) is 18.0 Å². The molecule has 0 saturated carbocycles. The van der Waals surface area contributed by atoms with E-state index < -0.39 is 0 Å². The molecule has 3 heterocycles. The predicted octanol–water partition coefficient (Wildman–Crippen LogP) is 4.42. The zero-order chi connectivity index (χ0) is 18.8. The second-order valence-corrected chi connectivity index (χ2v) is 8.42. The lowest BCUT2D eigenvalue weighted by atomic mass is 9.86. The first kappa shape index (κ1) is 18.5. The number of benzene rings is 1. The van der Waals surface area contributed by atoms with E-state index >= 15 is 0 Å². The number of halogens is 1. The molecule has 0 aliphatic carbocycles. The Morgan fingerprint density at radius 3 is 2.52 bits per heavy atom. The smallest absolute Gasteiger partial charge is 0.147 e. The largest absolute Gasteiger partial charge is 0.369 e. The van der Waals surface area contributed by atoms with Crippen molar-refractivity contribution in [1.29, 1.82) is 0 Å². The summed E-state index contributed by atoms with van der Waals surface area (Å²) in [6.45, 7) is 8.66. The zero-order valence-corrected chi connectivity index (χ0v) is 16.6. The number of allylic oxidation sites excluding steroid dienone is 2. The van der Waals surface area contributed by atoms with E-state index in [4.69, 9.17) is 0 Å². The summed E-state index contributed by atoms with van der Waals surface area (Å²) in [4.78, 5) is 4.63. The Labute approximate surface area is 162 Å². The Morgan fingerprint density at radius 1 is 1.11 bits per heavy atom. The van der Waals surface area contributed by atoms with Gasteiger partial charge in [0.05, 0.1) is 11.7 Å². The molecule has 3 aliphatic rings. The maximum atomic E-state index is 14.8. The van der Waals surface area contributed by atoms with Crippen LogP contribution in [0.3, 0.4) is 0 Å². The van der Waals surface area contributed by atoms with E-state index in [-0.39, 0.29) is 5.82 Å². The van der Waals surface area contributed by atoms with Crippen LogP contribution in [0.1, 0.15) is 45.1 Å². The lowest BCUT2D eigenvalue weighted by Gasteiger charge is -2.41. The van der Waals surface area contributed by atoms with Crippen LogP contribution in [0.25, 0.3) is 5.57 Å². The molecule has 1 N–H and O–H groups in total. The van der Waals surface area contributed by atoms with Crippen LogP contribution < -0.4 is 10.2 Å². The highest BCUT2D eigenvalue weighted by Crippen LogP contribution is 2.33. The molecule has 0 bridgehead atoms. The first-order chi connectivity index (χ1) is 13.1. The minimum Gasteiger partial charge on any atom is -0.369 e. The highest BCUT2D eigenvalue weighted by atomic mass is 19.1. The molecule has 3 aliphatic heterocycles. The van der Waals surface area contributed by atoms with Crippen LogP contribution in [0.4, 0.5) is 10.1 Å². The third-order valence-corrected chi connectivity index (χ3v) is 6.30. The number of nitrogens with one attached hydrogen (secondary N) is 1. The summed E-state index contributed by atoms with van der Waals surface area (Å²) < 4.78 is 14.8. The minimum atomic E-state index is -0.0970. The second kappa shape index (κ2) is 8.05. The summed E-state index contributed by atoms with van der Waals surface area (Å²) >= 11 is 0. The van der Waals surface area contributed by atoms with Gasteiger partial charge in [0, 0.05) is 25.3 Å². The topological polar surface area (TPSA) is 18.5 Å². The lowest BCUT2D eigenvalue weighted by molar-refractivity contribution is 0.174. The van der Waals surface area contributed by atoms with Crippen LogP contribution in [0.2, 0.25) is 0 Å². The Hall–Kier alpha value is -1.81. The van der Waals surface area contributed by atoms with Crippen molar-refractivity contribution in [2.24, 2.45) is 5.92 Å². The van der Waals surface area contributed by atoms with Crippen molar-refractivity contribution in [3.05, 3.63) is 47.9 Å². The van der Waals surface area contributed by atoms with Gasteiger partial charge in [0.15, 0.2) is 0 Å². The van der Waals surface area contributed by atoms with Gasteiger partial charge < -0.3 is 15.1 Å². The molecule has 4 rings (SSSR count). The minimum absolute atomic E-state index is 0.0970. The molecule has 1 aromatic carbocycles. The monoisotopic (exact) mass is 369 g/mol. The SMILES string of the molecule is CC(C)N1C=C(c2ccc(N3CCCC3)c(F)c2)C=CC1C1CCNCC1. The number of rotatable bonds is 4. The van der Waals surface area contributed by atoms with Crippen LogP contribution in [-0.4, -0.2) is 43.2 Å². The second-order valence-electron chi connectivity index (χ2n) is 8.42. The van der Waals surface area contributed by atoms with Gasteiger partial charge in [-0.3, -0.25) is 0 Å². The van der Waals surface area contributed by atoms with Crippen molar-refractivity contribution in [1.82, 2.24) is 10.2 Å².